The highest BCUT2D eigenvalue weighted by atomic mass is 19.1. The molecule has 2 heterocycles. The third-order valence-corrected chi connectivity index (χ3v) is 3.76. The van der Waals surface area contributed by atoms with Crippen molar-refractivity contribution in [1.82, 2.24) is 4.98 Å². The minimum Gasteiger partial charge on any atom is -0.493 e. The van der Waals surface area contributed by atoms with Crippen molar-refractivity contribution in [3.05, 3.63) is 47.5 Å². The van der Waals surface area contributed by atoms with Crippen LogP contribution in [0.2, 0.25) is 0 Å². The van der Waals surface area contributed by atoms with Crippen molar-refractivity contribution in [2.45, 2.75) is 19.3 Å². The summed E-state index contributed by atoms with van der Waals surface area (Å²) in [6, 6.07) is 6.97. The van der Waals surface area contributed by atoms with Crippen LogP contribution >= 0.6 is 0 Å². The molecule has 0 saturated carbocycles. The molecular formula is C16H17FN2O. The average Bonchev–Trinajstić information content (AvgIpc) is 2.46. The van der Waals surface area contributed by atoms with E-state index in [9.17, 15) is 4.39 Å². The van der Waals surface area contributed by atoms with Gasteiger partial charge in [-0.1, -0.05) is 6.07 Å². The summed E-state index contributed by atoms with van der Waals surface area (Å²) < 4.78 is 20.0. The number of hydrogen-bond donors (Lipinski definition) is 1. The molecule has 0 aliphatic carbocycles. The number of hydrogen-bond acceptors (Lipinski definition) is 3. The first-order chi connectivity index (χ1) is 9.70. The average molecular weight is 272 g/mol. The number of aromatic nitrogens is 1. The van der Waals surface area contributed by atoms with Gasteiger partial charge in [-0.2, -0.15) is 0 Å². The Bertz CT molecular complexity index is 642. The third-order valence-electron chi connectivity index (χ3n) is 3.76. The first-order valence-corrected chi connectivity index (χ1v) is 6.79. The quantitative estimate of drug-likeness (QED) is 0.914. The Morgan fingerprint density at radius 1 is 1.40 bits per heavy atom. The van der Waals surface area contributed by atoms with Gasteiger partial charge in [-0.25, -0.2) is 4.39 Å². The number of rotatable bonds is 2. The van der Waals surface area contributed by atoms with Crippen molar-refractivity contribution in [3.8, 4) is 16.9 Å². The Morgan fingerprint density at radius 2 is 2.25 bits per heavy atom. The Morgan fingerprint density at radius 3 is 3.00 bits per heavy atom. The van der Waals surface area contributed by atoms with Crippen LogP contribution in [0.1, 0.15) is 23.6 Å². The molecule has 4 heteroatoms. The van der Waals surface area contributed by atoms with Crippen LogP contribution in [0, 0.1) is 12.7 Å². The van der Waals surface area contributed by atoms with Crippen LogP contribution in [0.25, 0.3) is 11.1 Å². The van der Waals surface area contributed by atoms with E-state index in [1.165, 1.54) is 6.07 Å². The second-order valence-electron chi connectivity index (χ2n) is 5.10. The van der Waals surface area contributed by atoms with Crippen molar-refractivity contribution in [2.75, 3.05) is 13.2 Å². The van der Waals surface area contributed by atoms with E-state index in [1.54, 1.807) is 18.3 Å². The van der Waals surface area contributed by atoms with Gasteiger partial charge in [0, 0.05) is 17.8 Å². The summed E-state index contributed by atoms with van der Waals surface area (Å²) in [5.41, 5.74) is 8.98. The van der Waals surface area contributed by atoms with E-state index in [-0.39, 0.29) is 11.7 Å². The lowest BCUT2D eigenvalue weighted by Gasteiger charge is -2.27. The Hall–Kier alpha value is -1.94. The van der Waals surface area contributed by atoms with E-state index in [0.717, 1.165) is 23.2 Å². The van der Waals surface area contributed by atoms with Crippen LogP contribution in [0.5, 0.6) is 5.75 Å². The van der Waals surface area contributed by atoms with E-state index in [4.69, 9.17) is 10.5 Å². The van der Waals surface area contributed by atoms with E-state index in [1.807, 2.05) is 13.0 Å². The number of ether oxygens (including phenoxy) is 1. The van der Waals surface area contributed by atoms with Gasteiger partial charge in [0.1, 0.15) is 11.6 Å². The number of halogens is 1. The van der Waals surface area contributed by atoms with Crippen LogP contribution < -0.4 is 10.5 Å². The summed E-state index contributed by atoms with van der Waals surface area (Å²) >= 11 is 0. The SMILES string of the molecule is Cc1cc(-c2c(F)ccc3c2OCC[C@@H]3CN)ccn1. The fourth-order valence-corrected chi connectivity index (χ4v) is 2.73. The molecule has 1 atom stereocenters. The van der Waals surface area contributed by atoms with Gasteiger partial charge < -0.3 is 10.5 Å². The van der Waals surface area contributed by atoms with Gasteiger partial charge in [0.15, 0.2) is 0 Å². The van der Waals surface area contributed by atoms with Crippen molar-refractivity contribution in [1.29, 1.82) is 0 Å². The zero-order chi connectivity index (χ0) is 14.1. The predicted molar refractivity (Wildman–Crippen MR) is 76.3 cm³/mol. The number of pyridine rings is 1. The van der Waals surface area contributed by atoms with E-state index in [2.05, 4.69) is 4.98 Å². The predicted octanol–water partition coefficient (Wildman–Crippen LogP) is 3.02. The third kappa shape index (κ3) is 2.16. The maximum absolute atomic E-state index is 14.3. The summed E-state index contributed by atoms with van der Waals surface area (Å²) in [5.74, 6) is 0.602. The molecule has 0 spiro atoms. The summed E-state index contributed by atoms with van der Waals surface area (Å²) in [6.45, 7) is 3.02. The normalized spacial score (nSPS) is 17.4. The highest BCUT2D eigenvalue weighted by molar-refractivity contribution is 5.73. The van der Waals surface area contributed by atoms with E-state index >= 15 is 0 Å². The number of nitrogens with zero attached hydrogens (tertiary/aromatic N) is 1. The maximum atomic E-state index is 14.3. The topological polar surface area (TPSA) is 48.1 Å². The summed E-state index contributed by atoms with van der Waals surface area (Å²) in [5, 5.41) is 0. The second-order valence-corrected chi connectivity index (χ2v) is 5.10. The molecule has 0 unspecified atom stereocenters. The minimum atomic E-state index is -0.271. The van der Waals surface area contributed by atoms with Crippen molar-refractivity contribution >= 4 is 0 Å². The molecule has 1 aliphatic heterocycles. The molecule has 1 aromatic heterocycles. The smallest absolute Gasteiger partial charge is 0.134 e. The monoisotopic (exact) mass is 272 g/mol. The van der Waals surface area contributed by atoms with Crippen LogP contribution in [0.15, 0.2) is 30.5 Å². The van der Waals surface area contributed by atoms with Crippen LogP contribution in [0.4, 0.5) is 4.39 Å². The first-order valence-electron chi connectivity index (χ1n) is 6.79. The molecule has 3 rings (SSSR count). The fraction of sp³-hybridized carbons (Fsp3) is 0.312. The van der Waals surface area contributed by atoms with Crippen molar-refractivity contribution in [3.63, 3.8) is 0 Å². The molecule has 2 aromatic rings. The molecule has 0 fully saturated rings. The zero-order valence-electron chi connectivity index (χ0n) is 11.4. The number of benzene rings is 1. The maximum Gasteiger partial charge on any atom is 0.134 e. The van der Waals surface area contributed by atoms with Crippen LogP contribution in [-0.2, 0) is 0 Å². The highest BCUT2D eigenvalue weighted by Crippen LogP contribution is 2.42. The summed E-state index contributed by atoms with van der Waals surface area (Å²) in [7, 11) is 0. The van der Waals surface area contributed by atoms with Gasteiger partial charge in [-0.3, -0.25) is 4.98 Å². The molecule has 0 radical (unpaired) electrons. The molecule has 20 heavy (non-hydrogen) atoms. The molecule has 1 aromatic carbocycles. The lowest BCUT2D eigenvalue weighted by atomic mass is 9.89. The van der Waals surface area contributed by atoms with Crippen molar-refractivity contribution < 1.29 is 9.13 Å². The van der Waals surface area contributed by atoms with Gasteiger partial charge in [-0.15, -0.1) is 0 Å². The van der Waals surface area contributed by atoms with Gasteiger partial charge >= 0.3 is 0 Å². The number of aryl methyl sites for hydroxylation is 1. The lowest BCUT2D eigenvalue weighted by Crippen LogP contribution is -2.21. The van der Waals surface area contributed by atoms with E-state index < -0.39 is 0 Å². The first kappa shape index (κ1) is 13.1. The highest BCUT2D eigenvalue weighted by Gasteiger charge is 2.25. The van der Waals surface area contributed by atoms with Crippen molar-refractivity contribution in [2.24, 2.45) is 5.73 Å². The Labute approximate surface area is 117 Å². The molecule has 104 valence electrons. The standard InChI is InChI=1S/C16H17FN2O/c1-10-8-11(4-6-19-10)15-14(17)3-2-13-12(9-18)5-7-20-16(13)15/h2-4,6,8,12H,5,7,9,18H2,1H3/t12-/m1/s1. The van der Waals surface area contributed by atoms with Crippen LogP contribution in [0.3, 0.4) is 0 Å². The molecule has 2 N–H and O–H groups in total. The molecule has 0 amide bonds. The molecule has 3 nitrogen and oxygen atoms in total. The fourth-order valence-electron chi connectivity index (χ4n) is 2.73. The largest absolute Gasteiger partial charge is 0.493 e. The molecular weight excluding hydrogens is 255 g/mol. The van der Waals surface area contributed by atoms with Gasteiger partial charge in [0.2, 0.25) is 0 Å². The Balaban J connectivity index is 2.20. The molecule has 1 aliphatic rings. The molecule has 0 saturated heterocycles. The zero-order valence-corrected chi connectivity index (χ0v) is 11.4. The van der Waals surface area contributed by atoms with Gasteiger partial charge in [-0.05, 0) is 49.2 Å². The second kappa shape index (κ2) is 5.21. The summed E-state index contributed by atoms with van der Waals surface area (Å²) in [6.07, 6.45) is 2.57. The van der Waals surface area contributed by atoms with E-state index in [0.29, 0.717) is 24.5 Å². The number of fused-ring (bicyclic) bond motifs is 1. The van der Waals surface area contributed by atoms with Gasteiger partial charge in [0.25, 0.3) is 0 Å². The van der Waals surface area contributed by atoms with Crippen LogP contribution in [-0.4, -0.2) is 18.1 Å². The number of nitrogens with two attached hydrogens (primary N) is 1. The van der Waals surface area contributed by atoms with Gasteiger partial charge in [0.05, 0.1) is 12.2 Å². The summed E-state index contributed by atoms with van der Waals surface area (Å²) in [4.78, 5) is 4.15. The molecule has 0 bridgehead atoms. The minimum absolute atomic E-state index is 0.237. The Kier molecular flexibility index (Phi) is 3.40. The lowest BCUT2D eigenvalue weighted by molar-refractivity contribution is 0.269.